The van der Waals surface area contributed by atoms with Crippen molar-refractivity contribution in [2.45, 2.75) is 26.3 Å². The average Bonchev–Trinajstić information content (AvgIpc) is 2.44. The van der Waals surface area contributed by atoms with Gasteiger partial charge in [-0.05, 0) is 18.9 Å². The van der Waals surface area contributed by atoms with E-state index >= 15 is 0 Å². The van der Waals surface area contributed by atoms with Gasteiger partial charge in [-0.15, -0.1) is 0 Å². The molecule has 1 amide bonds. The molecule has 0 saturated heterocycles. The standard InChI is InChI=1S/C15H23NO3/c1-2-19-12-6-9-15(18)16(10-11-17)13-14-7-4-3-5-8-14/h3-5,7-8,17H,2,6,9-13H2,1H3. The summed E-state index contributed by atoms with van der Waals surface area (Å²) in [6.07, 6.45) is 1.19. The lowest BCUT2D eigenvalue weighted by Gasteiger charge is -2.22. The Balaban J connectivity index is 2.44. The predicted octanol–water partition coefficient (Wildman–Crippen LogP) is 1.82. The van der Waals surface area contributed by atoms with Crippen LogP contribution in [0.4, 0.5) is 0 Å². The fraction of sp³-hybridized carbons (Fsp3) is 0.533. The van der Waals surface area contributed by atoms with Crippen LogP contribution in [0.3, 0.4) is 0 Å². The first-order valence-corrected chi connectivity index (χ1v) is 6.78. The second kappa shape index (κ2) is 9.53. The number of ether oxygens (including phenoxy) is 1. The van der Waals surface area contributed by atoms with Crippen LogP contribution in [0.1, 0.15) is 25.3 Å². The maximum Gasteiger partial charge on any atom is 0.223 e. The van der Waals surface area contributed by atoms with Gasteiger partial charge in [0.15, 0.2) is 0 Å². The molecule has 106 valence electrons. The number of hydrogen-bond acceptors (Lipinski definition) is 3. The number of amides is 1. The van der Waals surface area contributed by atoms with E-state index in [1.54, 1.807) is 4.90 Å². The van der Waals surface area contributed by atoms with Gasteiger partial charge in [0.1, 0.15) is 0 Å². The highest BCUT2D eigenvalue weighted by atomic mass is 16.5. The van der Waals surface area contributed by atoms with E-state index in [1.165, 1.54) is 0 Å². The minimum absolute atomic E-state index is 0.00989. The summed E-state index contributed by atoms with van der Waals surface area (Å²) < 4.78 is 5.22. The van der Waals surface area contributed by atoms with Crippen molar-refractivity contribution in [3.8, 4) is 0 Å². The van der Waals surface area contributed by atoms with Gasteiger partial charge in [0.2, 0.25) is 5.91 Å². The lowest BCUT2D eigenvalue weighted by Crippen LogP contribution is -2.33. The largest absolute Gasteiger partial charge is 0.395 e. The fourth-order valence-corrected chi connectivity index (χ4v) is 1.84. The molecule has 0 fully saturated rings. The Bertz CT molecular complexity index is 354. The molecular formula is C15H23NO3. The van der Waals surface area contributed by atoms with Crippen molar-refractivity contribution < 1.29 is 14.6 Å². The van der Waals surface area contributed by atoms with Crippen LogP contribution in [0.2, 0.25) is 0 Å². The molecule has 4 nitrogen and oxygen atoms in total. The van der Waals surface area contributed by atoms with Gasteiger partial charge < -0.3 is 14.7 Å². The number of carbonyl (C=O) groups excluding carboxylic acids is 1. The van der Waals surface area contributed by atoms with E-state index in [-0.39, 0.29) is 12.5 Å². The molecular weight excluding hydrogens is 242 g/mol. The minimum Gasteiger partial charge on any atom is -0.395 e. The van der Waals surface area contributed by atoms with Crippen molar-refractivity contribution in [1.29, 1.82) is 0 Å². The summed E-state index contributed by atoms with van der Waals surface area (Å²) >= 11 is 0. The van der Waals surface area contributed by atoms with E-state index in [1.807, 2.05) is 37.3 Å². The second-order valence-electron chi connectivity index (χ2n) is 4.32. The fourth-order valence-electron chi connectivity index (χ4n) is 1.84. The van der Waals surface area contributed by atoms with Crippen molar-refractivity contribution in [3.63, 3.8) is 0 Å². The molecule has 1 aromatic carbocycles. The number of carbonyl (C=O) groups is 1. The number of benzene rings is 1. The van der Waals surface area contributed by atoms with E-state index in [9.17, 15) is 4.79 Å². The molecule has 4 heteroatoms. The summed E-state index contributed by atoms with van der Waals surface area (Å²) in [5, 5.41) is 9.05. The number of aliphatic hydroxyl groups is 1. The van der Waals surface area contributed by atoms with E-state index in [0.29, 0.717) is 32.7 Å². The second-order valence-corrected chi connectivity index (χ2v) is 4.32. The van der Waals surface area contributed by atoms with Crippen molar-refractivity contribution >= 4 is 5.91 Å². The summed E-state index contributed by atoms with van der Waals surface area (Å²) in [5.74, 6) is 0.0672. The molecule has 0 aliphatic heterocycles. The highest BCUT2D eigenvalue weighted by Crippen LogP contribution is 2.07. The van der Waals surface area contributed by atoms with Crippen molar-refractivity contribution in [2.75, 3.05) is 26.4 Å². The van der Waals surface area contributed by atoms with Gasteiger partial charge in [0.05, 0.1) is 6.61 Å². The van der Waals surface area contributed by atoms with Crippen LogP contribution in [0.5, 0.6) is 0 Å². The van der Waals surface area contributed by atoms with Crippen LogP contribution in [-0.4, -0.2) is 42.3 Å². The molecule has 0 spiro atoms. The Kier molecular flexibility index (Phi) is 7.86. The molecule has 1 aromatic rings. The Morgan fingerprint density at radius 3 is 2.68 bits per heavy atom. The summed E-state index contributed by atoms with van der Waals surface area (Å²) in [6.45, 7) is 4.15. The van der Waals surface area contributed by atoms with Crippen LogP contribution in [0, 0.1) is 0 Å². The molecule has 1 rings (SSSR count). The molecule has 1 N–H and O–H groups in total. The molecule has 0 aliphatic rings. The third kappa shape index (κ3) is 6.36. The monoisotopic (exact) mass is 265 g/mol. The van der Waals surface area contributed by atoms with Crippen molar-refractivity contribution in [2.24, 2.45) is 0 Å². The summed E-state index contributed by atoms with van der Waals surface area (Å²) in [5.41, 5.74) is 1.08. The lowest BCUT2D eigenvalue weighted by atomic mass is 10.2. The number of hydrogen-bond donors (Lipinski definition) is 1. The average molecular weight is 265 g/mol. The van der Waals surface area contributed by atoms with Gasteiger partial charge in [0, 0.05) is 32.7 Å². The zero-order valence-electron chi connectivity index (χ0n) is 11.5. The summed E-state index contributed by atoms with van der Waals surface area (Å²) in [6, 6.07) is 9.82. The molecule has 0 unspecified atom stereocenters. The van der Waals surface area contributed by atoms with E-state index in [2.05, 4.69) is 0 Å². The molecule has 0 saturated carbocycles. The van der Waals surface area contributed by atoms with Crippen LogP contribution < -0.4 is 0 Å². The zero-order chi connectivity index (χ0) is 13.9. The highest BCUT2D eigenvalue weighted by molar-refractivity contribution is 5.76. The van der Waals surface area contributed by atoms with Crippen molar-refractivity contribution in [3.05, 3.63) is 35.9 Å². The van der Waals surface area contributed by atoms with Gasteiger partial charge >= 0.3 is 0 Å². The topological polar surface area (TPSA) is 49.8 Å². The lowest BCUT2D eigenvalue weighted by molar-refractivity contribution is -0.132. The highest BCUT2D eigenvalue weighted by Gasteiger charge is 2.12. The molecule has 0 bridgehead atoms. The molecule has 19 heavy (non-hydrogen) atoms. The van der Waals surface area contributed by atoms with Gasteiger partial charge in [-0.25, -0.2) is 0 Å². The SMILES string of the molecule is CCOCCCC(=O)N(CCO)Cc1ccccc1. The van der Waals surface area contributed by atoms with Gasteiger partial charge in [0.25, 0.3) is 0 Å². The van der Waals surface area contributed by atoms with Crippen LogP contribution in [0.15, 0.2) is 30.3 Å². The first-order chi connectivity index (χ1) is 9.27. The first kappa shape index (κ1) is 15.7. The molecule has 0 aliphatic carbocycles. The first-order valence-electron chi connectivity index (χ1n) is 6.78. The maximum atomic E-state index is 12.1. The molecule has 0 heterocycles. The van der Waals surface area contributed by atoms with E-state index in [0.717, 1.165) is 12.0 Å². The zero-order valence-corrected chi connectivity index (χ0v) is 11.5. The van der Waals surface area contributed by atoms with Gasteiger partial charge in [-0.1, -0.05) is 30.3 Å². The van der Waals surface area contributed by atoms with Gasteiger partial charge in [-0.2, -0.15) is 0 Å². The quantitative estimate of drug-likeness (QED) is 0.693. The molecule has 0 atom stereocenters. The van der Waals surface area contributed by atoms with E-state index in [4.69, 9.17) is 9.84 Å². The normalized spacial score (nSPS) is 10.4. The predicted molar refractivity (Wildman–Crippen MR) is 74.7 cm³/mol. The Morgan fingerprint density at radius 2 is 2.05 bits per heavy atom. The smallest absolute Gasteiger partial charge is 0.223 e. The Morgan fingerprint density at radius 1 is 1.32 bits per heavy atom. The molecule has 0 radical (unpaired) electrons. The summed E-state index contributed by atoms with van der Waals surface area (Å²) in [7, 11) is 0. The summed E-state index contributed by atoms with van der Waals surface area (Å²) in [4.78, 5) is 13.8. The Hall–Kier alpha value is -1.39. The maximum absolute atomic E-state index is 12.1. The van der Waals surface area contributed by atoms with Crippen LogP contribution >= 0.6 is 0 Å². The van der Waals surface area contributed by atoms with Gasteiger partial charge in [-0.3, -0.25) is 4.79 Å². The number of nitrogens with zero attached hydrogens (tertiary/aromatic N) is 1. The number of aliphatic hydroxyl groups excluding tert-OH is 1. The molecule has 0 aromatic heterocycles. The third-order valence-electron chi connectivity index (χ3n) is 2.82. The third-order valence-corrected chi connectivity index (χ3v) is 2.82. The number of rotatable bonds is 9. The van der Waals surface area contributed by atoms with Crippen LogP contribution in [0.25, 0.3) is 0 Å². The Labute approximate surface area is 115 Å². The van der Waals surface area contributed by atoms with Crippen LogP contribution in [-0.2, 0) is 16.1 Å². The minimum atomic E-state index is -0.00989. The van der Waals surface area contributed by atoms with E-state index < -0.39 is 0 Å². The van der Waals surface area contributed by atoms with Crippen molar-refractivity contribution in [1.82, 2.24) is 4.90 Å².